The Balaban J connectivity index is 1.44. The average molecular weight is 513 g/mol. The van der Waals surface area contributed by atoms with Crippen molar-refractivity contribution in [3.8, 4) is 11.3 Å². The maximum Gasteiger partial charge on any atom is 0.407 e. The topological polar surface area (TPSA) is 112 Å². The van der Waals surface area contributed by atoms with E-state index in [1.54, 1.807) is 23.5 Å². The number of anilines is 1. The minimum Gasteiger partial charge on any atom is -0.465 e. The minimum atomic E-state index is -3.31. The van der Waals surface area contributed by atoms with Gasteiger partial charge in [0, 0.05) is 28.7 Å². The quantitative estimate of drug-likeness (QED) is 0.470. The summed E-state index contributed by atoms with van der Waals surface area (Å²) in [6.45, 7) is 6.57. The predicted octanol–water partition coefficient (Wildman–Crippen LogP) is 5.44. The lowest BCUT2D eigenvalue weighted by atomic mass is 9.80. The first-order valence-corrected chi connectivity index (χ1v) is 13.9. The van der Waals surface area contributed by atoms with E-state index in [1.165, 1.54) is 11.2 Å². The molecule has 1 saturated carbocycles. The summed E-state index contributed by atoms with van der Waals surface area (Å²) < 4.78 is 28.0. The molecule has 1 unspecified atom stereocenters. The highest BCUT2D eigenvalue weighted by Crippen LogP contribution is 2.41. The van der Waals surface area contributed by atoms with Crippen LogP contribution in [0.15, 0.2) is 42.7 Å². The third-order valence-electron chi connectivity index (χ3n) is 6.58. The molecule has 0 radical (unpaired) electrons. The van der Waals surface area contributed by atoms with Gasteiger partial charge in [0.2, 0.25) is 10.0 Å². The molecule has 3 heterocycles. The first-order valence-electron chi connectivity index (χ1n) is 11.6. The molecule has 35 heavy (non-hydrogen) atoms. The molecule has 8 nitrogen and oxygen atoms in total. The molecule has 184 valence electrons. The second-order valence-corrected chi connectivity index (χ2v) is 13.2. The predicted molar refractivity (Wildman–Crippen MR) is 139 cm³/mol. The van der Waals surface area contributed by atoms with E-state index in [0.29, 0.717) is 31.5 Å². The first-order chi connectivity index (χ1) is 16.5. The lowest BCUT2D eigenvalue weighted by Gasteiger charge is -2.41. The van der Waals surface area contributed by atoms with Crippen LogP contribution in [0, 0.1) is 5.41 Å². The van der Waals surface area contributed by atoms with E-state index in [9.17, 15) is 18.3 Å². The highest BCUT2D eigenvalue weighted by molar-refractivity contribution is 7.93. The first kappa shape index (κ1) is 23.7. The Morgan fingerprint density at radius 2 is 1.89 bits per heavy atom. The standard InChI is InChI=1S/C25H28N4O4S2/c1-25(2,3)21-12-16(10-11-29(21)24(30)31)20-13-19-23(34-20)22(27-14-26-19)15-4-6-17(7-5-15)28-35(32,33)18-8-9-18/h4-7,10,13-14,18,21,28H,8-9,11-12H2,1-3H3,(H,30,31). The summed E-state index contributed by atoms with van der Waals surface area (Å²) >= 11 is 1.60. The molecular formula is C25H28N4O4S2. The maximum atomic E-state index is 12.2. The number of sulfonamides is 1. The SMILES string of the molecule is CC(C)(C)C1CC(c2cc3ncnc(-c4ccc(NS(=O)(=O)C5CC5)cc4)c3s2)=CCN1C(=O)O. The van der Waals surface area contributed by atoms with E-state index in [2.05, 4.69) is 35.5 Å². The molecule has 10 heteroatoms. The number of carbonyl (C=O) groups is 1. The number of rotatable bonds is 5. The summed E-state index contributed by atoms with van der Waals surface area (Å²) in [7, 11) is -3.31. The maximum absolute atomic E-state index is 12.2. The number of fused-ring (bicyclic) bond motifs is 1. The Morgan fingerprint density at radius 3 is 2.51 bits per heavy atom. The van der Waals surface area contributed by atoms with Crippen molar-refractivity contribution in [3.63, 3.8) is 0 Å². The van der Waals surface area contributed by atoms with Crippen LogP contribution in [-0.4, -0.2) is 52.3 Å². The van der Waals surface area contributed by atoms with E-state index >= 15 is 0 Å². The van der Waals surface area contributed by atoms with Crippen molar-refractivity contribution < 1.29 is 18.3 Å². The Labute approximate surface area is 208 Å². The highest BCUT2D eigenvalue weighted by atomic mass is 32.2. The number of amides is 1. The van der Waals surface area contributed by atoms with Crippen molar-refractivity contribution in [1.82, 2.24) is 14.9 Å². The van der Waals surface area contributed by atoms with Gasteiger partial charge in [-0.3, -0.25) is 4.72 Å². The third-order valence-corrected chi connectivity index (χ3v) is 9.65. The van der Waals surface area contributed by atoms with E-state index in [0.717, 1.165) is 31.9 Å². The van der Waals surface area contributed by atoms with Crippen molar-refractivity contribution >= 4 is 48.9 Å². The van der Waals surface area contributed by atoms with E-state index < -0.39 is 16.1 Å². The zero-order valence-electron chi connectivity index (χ0n) is 19.9. The summed E-state index contributed by atoms with van der Waals surface area (Å²) in [5.41, 5.74) is 3.98. The van der Waals surface area contributed by atoms with Crippen LogP contribution in [0.25, 0.3) is 27.0 Å². The lowest BCUT2D eigenvalue weighted by molar-refractivity contribution is 0.0884. The van der Waals surface area contributed by atoms with Crippen molar-refractivity contribution in [2.45, 2.75) is 51.3 Å². The van der Waals surface area contributed by atoms with Crippen LogP contribution in [0.5, 0.6) is 0 Å². The molecular weight excluding hydrogens is 484 g/mol. The molecule has 1 aliphatic carbocycles. The van der Waals surface area contributed by atoms with Gasteiger partial charge in [-0.25, -0.2) is 23.2 Å². The zero-order chi connectivity index (χ0) is 25.0. The van der Waals surface area contributed by atoms with Gasteiger partial charge in [0.15, 0.2) is 0 Å². The molecule has 0 spiro atoms. The second-order valence-electron chi connectivity index (χ2n) is 10.2. The highest BCUT2D eigenvalue weighted by Gasteiger charge is 2.37. The summed E-state index contributed by atoms with van der Waals surface area (Å²) in [5, 5.41) is 9.39. The van der Waals surface area contributed by atoms with E-state index in [1.807, 2.05) is 24.3 Å². The van der Waals surface area contributed by atoms with Gasteiger partial charge in [-0.2, -0.15) is 0 Å². The summed E-state index contributed by atoms with van der Waals surface area (Å²) in [6.07, 6.45) is 4.71. The van der Waals surface area contributed by atoms with Crippen molar-refractivity contribution in [2.75, 3.05) is 11.3 Å². The van der Waals surface area contributed by atoms with Gasteiger partial charge in [-0.15, -0.1) is 11.3 Å². The number of hydrogen-bond acceptors (Lipinski definition) is 6. The van der Waals surface area contributed by atoms with Gasteiger partial charge in [0.05, 0.1) is 21.2 Å². The van der Waals surface area contributed by atoms with Gasteiger partial charge >= 0.3 is 6.09 Å². The molecule has 0 bridgehead atoms. The number of carboxylic acid groups (broad SMARTS) is 1. The van der Waals surface area contributed by atoms with Gasteiger partial charge in [0.1, 0.15) is 6.33 Å². The van der Waals surface area contributed by atoms with Crippen molar-refractivity contribution in [2.24, 2.45) is 5.41 Å². The molecule has 0 saturated heterocycles. The van der Waals surface area contributed by atoms with Crippen LogP contribution in [0.3, 0.4) is 0 Å². The van der Waals surface area contributed by atoms with Crippen LogP contribution >= 0.6 is 11.3 Å². The van der Waals surface area contributed by atoms with E-state index in [-0.39, 0.29) is 16.7 Å². The molecule has 5 rings (SSSR count). The van der Waals surface area contributed by atoms with Crippen molar-refractivity contribution in [3.05, 3.63) is 47.6 Å². The number of hydrogen-bond donors (Lipinski definition) is 2. The van der Waals surface area contributed by atoms with E-state index in [4.69, 9.17) is 0 Å². The summed E-state index contributed by atoms with van der Waals surface area (Å²) in [6, 6.07) is 9.18. The molecule has 2 aromatic heterocycles. The molecule has 2 aliphatic rings. The van der Waals surface area contributed by atoms with Crippen LogP contribution in [0.4, 0.5) is 10.5 Å². The average Bonchev–Trinajstić information content (AvgIpc) is 3.58. The Hall–Kier alpha value is -2.98. The molecule has 3 aromatic rings. The molecule has 2 N–H and O–H groups in total. The third kappa shape index (κ3) is 4.77. The van der Waals surface area contributed by atoms with Gasteiger partial charge in [-0.1, -0.05) is 39.0 Å². The Bertz CT molecular complexity index is 1420. The molecule has 1 amide bonds. The number of benzene rings is 1. The fourth-order valence-electron chi connectivity index (χ4n) is 4.46. The van der Waals surface area contributed by atoms with Gasteiger partial charge in [0.25, 0.3) is 0 Å². The molecule has 1 aliphatic heterocycles. The summed E-state index contributed by atoms with van der Waals surface area (Å²) in [4.78, 5) is 23.3. The van der Waals surface area contributed by atoms with Crippen molar-refractivity contribution in [1.29, 1.82) is 0 Å². The lowest BCUT2D eigenvalue weighted by Crippen LogP contribution is -2.48. The summed E-state index contributed by atoms with van der Waals surface area (Å²) in [5.74, 6) is 0. The van der Waals surface area contributed by atoms with Crippen LogP contribution in [0.2, 0.25) is 0 Å². The second kappa shape index (κ2) is 8.60. The fourth-order valence-corrected chi connectivity index (χ4v) is 7.02. The minimum absolute atomic E-state index is 0.122. The molecule has 1 atom stereocenters. The number of nitrogens with zero attached hydrogens (tertiary/aromatic N) is 3. The Kier molecular flexibility index (Phi) is 5.83. The largest absolute Gasteiger partial charge is 0.465 e. The van der Waals surface area contributed by atoms with Gasteiger partial charge < -0.3 is 10.0 Å². The Morgan fingerprint density at radius 1 is 1.17 bits per heavy atom. The van der Waals surface area contributed by atoms with Crippen LogP contribution in [-0.2, 0) is 10.0 Å². The number of thiophene rings is 1. The number of aromatic nitrogens is 2. The van der Waals surface area contributed by atoms with Crippen LogP contribution < -0.4 is 4.72 Å². The molecule has 1 fully saturated rings. The van der Waals surface area contributed by atoms with Gasteiger partial charge in [-0.05, 0) is 48.4 Å². The monoisotopic (exact) mass is 512 g/mol. The fraction of sp³-hybridized carbons (Fsp3) is 0.400. The number of nitrogens with one attached hydrogen (secondary N) is 1. The smallest absolute Gasteiger partial charge is 0.407 e. The van der Waals surface area contributed by atoms with Crippen LogP contribution in [0.1, 0.15) is 44.9 Å². The molecule has 1 aromatic carbocycles. The normalized spacial score (nSPS) is 19.0. The zero-order valence-corrected chi connectivity index (χ0v) is 21.5.